The molecule has 0 atom stereocenters. The van der Waals surface area contributed by atoms with Gasteiger partial charge in [-0.2, -0.15) is 0 Å². The third-order valence-corrected chi connectivity index (χ3v) is 12.7. The minimum atomic E-state index is 0.999. The normalized spacial score (nSPS) is 12.1. The van der Waals surface area contributed by atoms with Gasteiger partial charge in [-0.05, 0) is 48.5 Å². The number of thiophene rings is 2. The Labute approximate surface area is 267 Å². The Morgan fingerprint density at radius 2 is 0.705 bits per heavy atom. The summed E-state index contributed by atoms with van der Waals surface area (Å²) in [6.07, 6.45) is 0. The highest BCUT2D eigenvalue weighted by atomic mass is 32.1. The van der Waals surface area contributed by atoms with E-state index in [1.54, 1.807) is 45.3 Å². The number of benzene rings is 4. The number of nitrogens with zero attached hydrogens (tertiary/aromatic N) is 4. The summed E-state index contributed by atoms with van der Waals surface area (Å²) in [6, 6.07) is 43.4. The summed E-state index contributed by atoms with van der Waals surface area (Å²) in [5, 5.41) is 9.55. The second kappa shape index (κ2) is 9.45. The number of para-hydroxylation sites is 4. The molecule has 4 aromatic carbocycles. The first-order valence-electron chi connectivity index (χ1n) is 14.2. The second-order valence-electron chi connectivity index (χ2n) is 10.7. The first-order chi connectivity index (χ1) is 21.8. The van der Waals surface area contributed by atoms with Gasteiger partial charge in [-0.25, -0.2) is 9.97 Å². The van der Waals surface area contributed by atoms with Crippen molar-refractivity contribution in [1.82, 2.24) is 19.1 Å². The van der Waals surface area contributed by atoms with E-state index in [1.165, 1.54) is 63.4 Å². The molecule has 10 aromatic rings. The van der Waals surface area contributed by atoms with E-state index in [0.29, 0.717) is 0 Å². The van der Waals surface area contributed by atoms with Crippen LogP contribution >= 0.6 is 45.3 Å². The summed E-state index contributed by atoms with van der Waals surface area (Å²) in [6.45, 7) is 0. The Morgan fingerprint density at radius 1 is 0.364 bits per heavy atom. The molecule has 0 bridgehead atoms. The van der Waals surface area contributed by atoms with Crippen molar-refractivity contribution in [3.05, 3.63) is 121 Å². The standard InChI is InChI=1S/C36H20N4S4/c1-5-13-25-21(9-1)22-10-2-6-14-26(22)39(25)31-19-17-29(41-31)33-37-35-36(43-33)38-34(44-35)30-18-20-32(42-30)40-27-15-7-3-11-23(27)24-12-4-8-16-28(24)40/h1-20H. The van der Waals surface area contributed by atoms with Crippen molar-refractivity contribution in [1.29, 1.82) is 0 Å². The molecule has 0 amide bonds. The van der Waals surface area contributed by atoms with Crippen LogP contribution in [0.2, 0.25) is 0 Å². The molecule has 6 aromatic heterocycles. The van der Waals surface area contributed by atoms with Gasteiger partial charge in [0.1, 0.15) is 20.0 Å². The van der Waals surface area contributed by atoms with Crippen LogP contribution in [-0.4, -0.2) is 19.1 Å². The van der Waals surface area contributed by atoms with Crippen molar-refractivity contribution in [3.63, 3.8) is 0 Å². The van der Waals surface area contributed by atoms with Crippen LogP contribution in [0.3, 0.4) is 0 Å². The summed E-state index contributed by atoms with van der Waals surface area (Å²) in [5.41, 5.74) is 4.91. The fraction of sp³-hybridized carbons (Fsp3) is 0. The lowest BCUT2D eigenvalue weighted by Gasteiger charge is -2.03. The number of hydrogen-bond donors (Lipinski definition) is 0. The van der Waals surface area contributed by atoms with E-state index in [-0.39, 0.29) is 0 Å². The first-order valence-corrected chi connectivity index (χ1v) is 17.5. The maximum absolute atomic E-state index is 5.06. The van der Waals surface area contributed by atoms with Crippen molar-refractivity contribution in [2.75, 3.05) is 0 Å². The maximum Gasteiger partial charge on any atom is 0.155 e. The van der Waals surface area contributed by atoms with E-state index >= 15 is 0 Å². The number of thiazole rings is 2. The zero-order chi connectivity index (χ0) is 28.8. The molecule has 0 aliphatic carbocycles. The van der Waals surface area contributed by atoms with Crippen LogP contribution in [0.15, 0.2) is 121 Å². The lowest BCUT2D eigenvalue weighted by atomic mass is 10.2. The molecule has 10 rings (SSSR count). The van der Waals surface area contributed by atoms with Crippen LogP contribution in [0.25, 0.3) is 83.0 Å². The Morgan fingerprint density at radius 3 is 1.07 bits per heavy atom. The predicted octanol–water partition coefficient (Wildman–Crippen LogP) is 11.4. The van der Waals surface area contributed by atoms with Crippen LogP contribution in [0, 0.1) is 0 Å². The highest BCUT2D eigenvalue weighted by molar-refractivity contribution is 7.32. The molecular weight excluding hydrogens is 617 g/mol. The molecule has 0 N–H and O–H groups in total. The fourth-order valence-corrected chi connectivity index (χ4v) is 10.5. The Balaban J connectivity index is 1.01. The molecular formula is C36H20N4S4. The van der Waals surface area contributed by atoms with Gasteiger partial charge in [-0.1, -0.05) is 95.5 Å². The quantitative estimate of drug-likeness (QED) is 0.193. The molecule has 44 heavy (non-hydrogen) atoms. The largest absolute Gasteiger partial charge is 0.301 e. The van der Waals surface area contributed by atoms with Gasteiger partial charge in [0.05, 0.1) is 31.8 Å². The van der Waals surface area contributed by atoms with Crippen molar-refractivity contribution in [2.45, 2.75) is 0 Å². The molecule has 0 aliphatic heterocycles. The van der Waals surface area contributed by atoms with Crippen LogP contribution < -0.4 is 0 Å². The van der Waals surface area contributed by atoms with Crippen LogP contribution in [0.4, 0.5) is 0 Å². The van der Waals surface area contributed by atoms with Crippen molar-refractivity contribution in [3.8, 4) is 29.8 Å². The molecule has 8 heteroatoms. The molecule has 208 valence electrons. The average Bonchev–Trinajstić information content (AvgIpc) is 3.90. The highest BCUT2D eigenvalue weighted by Crippen LogP contribution is 2.43. The number of fused-ring (bicyclic) bond motifs is 7. The summed E-state index contributed by atoms with van der Waals surface area (Å²) in [7, 11) is 0. The van der Waals surface area contributed by atoms with Gasteiger partial charge in [0.25, 0.3) is 0 Å². The molecule has 0 aliphatic rings. The molecule has 4 nitrogen and oxygen atoms in total. The fourth-order valence-electron chi connectivity index (χ4n) is 6.30. The van der Waals surface area contributed by atoms with E-state index in [2.05, 4.69) is 130 Å². The monoisotopic (exact) mass is 636 g/mol. The number of hydrogen-bond acceptors (Lipinski definition) is 6. The zero-order valence-corrected chi connectivity index (χ0v) is 26.2. The summed E-state index contributed by atoms with van der Waals surface area (Å²) < 4.78 is 4.74. The van der Waals surface area contributed by atoms with Gasteiger partial charge < -0.3 is 9.13 Å². The molecule has 6 heterocycles. The van der Waals surface area contributed by atoms with E-state index in [9.17, 15) is 0 Å². The Kier molecular flexibility index (Phi) is 5.33. The SMILES string of the molecule is c1ccc2c(c1)c1ccccc1n2-c1ccc(-c2nc3sc(-c4ccc(-n5c6ccccc6c6ccccc65)s4)nc3s2)s1. The lowest BCUT2D eigenvalue weighted by molar-refractivity contribution is 1.22. The topological polar surface area (TPSA) is 35.6 Å². The molecule has 0 saturated carbocycles. The van der Waals surface area contributed by atoms with E-state index < -0.39 is 0 Å². The van der Waals surface area contributed by atoms with Crippen molar-refractivity contribution in [2.24, 2.45) is 0 Å². The van der Waals surface area contributed by atoms with Crippen molar-refractivity contribution < 1.29 is 0 Å². The minimum Gasteiger partial charge on any atom is -0.301 e. The van der Waals surface area contributed by atoms with Crippen LogP contribution in [0.1, 0.15) is 0 Å². The van der Waals surface area contributed by atoms with E-state index in [0.717, 1.165) is 19.7 Å². The minimum absolute atomic E-state index is 0.999. The number of aromatic nitrogens is 4. The first kappa shape index (κ1) is 24.8. The van der Waals surface area contributed by atoms with Crippen molar-refractivity contribution >= 4 is 98.6 Å². The van der Waals surface area contributed by atoms with Gasteiger partial charge in [0, 0.05) is 21.5 Å². The summed E-state index contributed by atoms with van der Waals surface area (Å²) >= 11 is 6.93. The van der Waals surface area contributed by atoms with E-state index in [1.807, 2.05) is 0 Å². The molecule has 0 radical (unpaired) electrons. The van der Waals surface area contributed by atoms with Gasteiger partial charge in [-0.15, -0.1) is 22.7 Å². The van der Waals surface area contributed by atoms with Crippen LogP contribution in [-0.2, 0) is 0 Å². The third kappa shape index (κ3) is 3.60. The summed E-state index contributed by atoms with van der Waals surface area (Å²) in [5.74, 6) is 0. The third-order valence-electron chi connectivity index (χ3n) is 8.18. The zero-order valence-electron chi connectivity index (χ0n) is 23.0. The molecule has 0 spiro atoms. The maximum atomic E-state index is 5.06. The highest BCUT2D eigenvalue weighted by Gasteiger charge is 2.19. The Bertz CT molecular complexity index is 2370. The number of rotatable bonds is 4. The molecule has 0 fully saturated rings. The molecule has 0 saturated heterocycles. The average molecular weight is 637 g/mol. The van der Waals surface area contributed by atoms with Gasteiger partial charge >= 0.3 is 0 Å². The smallest absolute Gasteiger partial charge is 0.155 e. The van der Waals surface area contributed by atoms with Gasteiger partial charge in [0.15, 0.2) is 9.66 Å². The Hall–Kier alpha value is -4.60. The molecule has 0 unspecified atom stereocenters. The predicted molar refractivity (Wildman–Crippen MR) is 191 cm³/mol. The van der Waals surface area contributed by atoms with E-state index in [4.69, 9.17) is 9.97 Å². The lowest BCUT2D eigenvalue weighted by Crippen LogP contribution is -1.89. The van der Waals surface area contributed by atoms with Gasteiger partial charge in [0.2, 0.25) is 0 Å². The summed E-state index contributed by atoms with van der Waals surface area (Å²) in [4.78, 5) is 14.5. The van der Waals surface area contributed by atoms with Gasteiger partial charge in [-0.3, -0.25) is 0 Å². The van der Waals surface area contributed by atoms with Crippen LogP contribution in [0.5, 0.6) is 0 Å². The second-order valence-corrected chi connectivity index (χ2v) is 14.7.